The van der Waals surface area contributed by atoms with Crippen molar-refractivity contribution in [2.24, 2.45) is 5.92 Å². The van der Waals surface area contributed by atoms with Crippen molar-refractivity contribution in [1.29, 1.82) is 0 Å². The van der Waals surface area contributed by atoms with Crippen molar-refractivity contribution >= 4 is 53.3 Å². The van der Waals surface area contributed by atoms with E-state index >= 15 is 0 Å². The average molecular weight is 635 g/mol. The van der Waals surface area contributed by atoms with Gasteiger partial charge in [0.2, 0.25) is 0 Å². The van der Waals surface area contributed by atoms with E-state index in [1.165, 1.54) is 22.3 Å². The molecule has 9 rings (SSSR count). The molecule has 0 saturated heterocycles. The average Bonchev–Trinajstić information content (AvgIpc) is 3.77. The molecule has 4 heteroatoms. The molecular formula is C45H38N4. The Morgan fingerprint density at radius 1 is 0.714 bits per heavy atom. The number of fused-ring (bicyclic) bond motifs is 5. The summed E-state index contributed by atoms with van der Waals surface area (Å²) >= 11 is 0. The van der Waals surface area contributed by atoms with E-state index in [0.29, 0.717) is 0 Å². The zero-order valence-corrected chi connectivity index (χ0v) is 27.9. The van der Waals surface area contributed by atoms with Gasteiger partial charge < -0.3 is 0 Å². The number of hydrogen-bond acceptors (Lipinski definition) is 2. The lowest BCUT2D eigenvalue weighted by atomic mass is 9.74. The Balaban J connectivity index is 1.21. The summed E-state index contributed by atoms with van der Waals surface area (Å²) in [5.74, 6) is 2.45. The van der Waals surface area contributed by atoms with E-state index in [1.807, 2.05) is 0 Å². The predicted molar refractivity (Wildman–Crippen MR) is 205 cm³/mol. The van der Waals surface area contributed by atoms with E-state index in [1.54, 1.807) is 0 Å². The van der Waals surface area contributed by atoms with Crippen LogP contribution in [-0.2, 0) is 5.41 Å². The molecule has 2 heterocycles. The fourth-order valence-electron chi connectivity index (χ4n) is 7.93. The van der Waals surface area contributed by atoms with Gasteiger partial charge in [0.05, 0.1) is 21.7 Å². The molecule has 0 N–H and O–H groups in total. The van der Waals surface area contributed by atoms with Crippen LogP contribution >= 0.6 is 0 Å². The van der Waals surface area contributed by atoms with Crippen LogP contribution in [0.25, 0.3) is 64.7 Å². The molecule has 2 unspecified atom stereocenters. The van der Waals surface area contributed by atoms with E-state index in [-0.39, 0.29) is 17.3 Å². The Hall–Kier alpha value is -5.74. The molecule has 0 fully saturated rings. The summed E-state index contributed by atoms with van der Waals surface area (Å²) in [6.45, 7) is 4.81. The molecule has 49 heavy (non-hydrogen) atoms. The van der Waals surface area contributed by atoms with E-state index in [4.69, 9.17) is 9.97 Å². The van der Waals surface area contributed by atoms with Gasteiger partial charge in [-0.1, -0.05) is 129 Å². The van der Waals surface area contributed by atoms with E-state index in [0.717, 1.165) is 57.3 Å². The number of aromatic nitrogens is 4. The highest BCUT2D eigenvalue weighted by Crippen LogP contribution is 2.53. The first kappa shape index (κ1) is 29.4. The van der Waals surface area contributed by atoms with Crippen molar-refractivity contribution in [3.63, 3.8) is 0 Å². The third kappa shape index (κ3) is 5.07. The molecule has 4 nitrogen and oxygen atoms in total. The summed E-state index contributed by atoms with van der Waals surface area (Å²) in [6.07, 6.45) is 22.6. The summed E-state index contributed by atoms with van der Waals surface area (Å²) in [5, 5.41) is 2.19. The second-order valence-electron chi connectivity index (χ2n) is 13.9. The van der Waals surface area contributed by atoms with Gasteiger partial charge in [-0.15, -0.1) is 0 Å². The zero-order valence-electron chi connectivity index (χ0n) is 27.9. The van der Waals surface area contributed by atoms with E-state index < -0.39 is 0 Å². The molecule has 6 aromatic rings. The Bertz CT molecular complexity index is 2450. The molecule has 0 amide bonds. The molecule has 2 atom stereocenters. The van der Waals surface area contributed by atoms with Crippen LogP contribution in [0.15, 0.2) is 121 Å². The van der Waals surface area contributed by atoms with Crippen molar-refractivity contribution in [3.8, 4) is 11.4 Å². The summed E-state index contributed by atoms with van der Waals surface area (Å²) in [4.78, 5) is 10.6. The van der Waals surface area contributed by atoms with Crippen LogP contribution in [0.3, 0.4) is 0 Å². The van der Waals surface area contributed by atoms with Crippen molar-refractivity contribution in [2.45, 2.75) is 38.0 Å². The van der Waals surface area contributed by atoms with Crippen LogP contribution in [0.1, 0.15) is 60.7 Å². The summed E-state index contributed by atoms with van der Waals surface area (Å²) in [7, 11) is 0. The predicted octanol–water partition coefficient (Wildman–Crippen LogP) is 9.15. The highest BCUT2D eigenvalue weighted by atomic mass is 15.1. The number of hydrogen-bond donors (Lipinski definition) is 0. The maximum atomic E-state index is 5.31. The highest BCUT2D eigenvalue weighted by molar-refractivity contribution is 5.88. The molecular weight excluding hydrogens is 597 g/mol. The number of benzene rings is 4. The Kier molecular flexibility index (Phi) is 7.05. The third-order valence-corrected chi connectivity index (χ3v) is 10.5. The van der Waals surface area contributed by atoms with E-state index in [2.05, 4.69) is 181 Å². The summed E-state index contributed by atoms with van der Waals surface area (Å²) < 4.78 is 4.57. The van der Waals surface area contributed by atoms with Crippen LogP contribution in [-0.4, -0.2) is 19.1 Å². The molecule has 0 saturated carbocycles. The van der Waals surface area contributed by atoms with Crippen LogP contribution in [0.5, 0.6) is 0 Å². The van der Waals surface area contributed by atoms with Gasteiger partial charge in [0.1, 0.15) is 11.6 Å². The molecule has 4 aromatic carbocycles. The minimum atomic E-state index is -0.101. The van der Waals surface area contributed by atoms with Gasteiger partial charge in [-0.05, 0) is 76.8 Å². The molecule has 0 spiro atoms. The topological polar surface area (TPSA) is 35.6 Å². The summed E-state index contributed by atoms with van der Waals surface area (Å²) in [6, 6.07) is 36.3. The molecule has 0 radical (unpaired) electrons. The maximum absolute atomic E-state index is 5.31. The second-order valence-corrected chi connectivity index (χ2v) is 13.9. The maximum Gasteiger partial charge on any atom is 0.145 e. The third-order valence-electron chi connectivity index (χ3n) is 10.5. The van der Waals surface area contributed by atoms with Crippen LogP contribution in [0, 0.1) is 5.92 Å². The molecule has 0 bridgehead atoms. The monoisotopic (exact) mass is 634 g/mol. The van der Waals surface area contributed by atoms with Gasteiger partial charge in [0.25, 0.3) is 0 Å². The van der Waals surface area contributed by atoms with Gasteiger partial charge in [-0.25, -0.2) is 9.97 Å². The first-order chi connectivity index (χ1) is 24.0. The largest absolute Gasteiger partial charge is 0.299 e. The SMILES string of the molecule is CC1(C)c2cc3c(cc2C2C=c4nc(-c5ccccc5)n(/C=C/c5ccccc5)c4=CC21)nc(C1=CCCC=C1)n3/C=C/c1ccccc1. The first-order valence-electron chi connectivity index (χ1n) is 17.3. The van der Waals surface area contributed by atoms with Gasteiger partial charge in [-0.2, -0.15) is 0 Å². The fourth-order valence-corrected chi connectivity index (χ4v) is 7.93. The zero-order chi connectivity index (χ0) is 33.0. The standard InChI is InChI=1S/C45H38N4/c1-45(2)37-29-41-39(46-43(33-19-11-5-12-20-33)48(41)25-23-31-15-7-3-8-16-31)27-35(37)36-28-40-42(30-38(36)45)49(26-24-32-17-9-4-10-18-32)44(47-40)34-21-13-6-14-22-34/h3-5,7-13,15-30,35,37H,6,14H2,1-2H3/b25-23+,26-24+. The number of imidazole rings is 2. The van der Waals surface area contributed by atoms with Crippen molar-refractivity contribution in [3.05, 3.63) is 160 Å². The van der Waals surface area contributed by atoms with Crippen molar-refractivity contribution in [2.75, 3.05) is 0 Å². The van der Waals surface area contributed by atoms with Crippen LogP contribution in [0.2, 0.25) is 0 Å². The number of allylic oxidation sites excluding steroid dienone is 4. The van der Waals surface area contributed by atoms with Gasteiger partial charge >= 0.3 is 0 Å². The van der Waals surface area contributed by atoms with Crippen LogP contribution in [0.4, 0.5) is 0 Å². The fraction of sp³-hybridized carbons (Fsp3) is 0.156. The molecule has 238 valence electrons. The molecule has 3 aliphatic rings. The highest BCUT2D eigenvalue weighted by Gasteiger charge is 2.46. The normalized spacial score (nSPS) is 19.0. The molecule has 3 aliphatic carbocycles. The van der Waals surface area contributed by atoms with Crippen molar-refractivity contribution < 1.29 is 0 Å². The minimum absolute atomic E-state index is 0.101. The van der Waals surface area contributed by atoms with Gasteiger partial charge in [0, 0.05) is 29.5 Å². The van der Waals surface area contributed by atoms with Crippen LogP contribution < -0.4 is 10.7 Å². The van der Waals surface area contributed by atoms with Crippen molar-refractivity contribution in [1.82, 2.24) is 19.1 Å². The Morgan fingerprint density at radius 2 is 1.39 bits per heavy atom. The summed E-state index contributed by atoms with van der Waals surface area (Å²) in [5.41, 5.74) is 9.44. The second kappa shape index (κ2) is 11.7. The van der Waals surface area contributed by atoms with Gasteiger partial charge in [-0.3, -0.25) is 9.13 Å². The first-order valence-corrected chi connectivity index (χ1v) is 17.3. The lowest BCUT2D eigenvalue weighted by Crippen LogP contribution is -2.37. The lowest BCUT2D eigenvalue weighted by Gasteiger charge is -2.29. The Morgan fingerprint density at radius 3 is 2.06 bits per heavy atom. The quantitative estimate of drug-likeness (QED) is 0.183. The molecule has 0 aliphatic heterocycles. The van der Waals surface area contributed by atoms with Gasteiger partial charge in [0.15, 0.2) is 0 Å². The number of rotatable bonds is 6. The number of nitrogens with zero attached hydrogens (tertiary/aromatic N) is 4. The Labute approximate surface area is 287 Å². The van der Waals surface area contributed by atoms with E-state index in [9.17, 15) is 0 Å². The lowest BCUT2D eigenvalue weighted by molar-refractivity contribution is 0.421. The smallest absolute Gasteiger partial charge is 0.145 e. The molecule has 2 aromatic heterocycles. The minimum Gasteiger partial charge on any atom is -0.299 e.